The lowest BCUT2D eigenvalue weighted by Gasteiger charge is -2.31. The maximum Gasteiger partial charge on any atom is 0.169 e. The van der Waals surface area contributed by atoms with E-state index < -0.39 is 23.3 Å². The molecule has 0 aromatic rings. The molecule has 60 valence electrons. The lowest BCUT2D eigenvalue weighted by atomic mass is 10.1. The summed E-state index contributed by atoms with van der Waals surface area (Å²) in [7, 11) is 0. The zero-order chi connectivity index (χ0) is 7.72. The Hall–Kier alpha value is 0.320. The van der Waals surface area contributed by atoms with Crippen LogP contribution in [0.15, 0.2) is 0 Å². The zero-order valence-corrected chi connectivity index (χ0v) is 6.73. The largest absolute Gasteiger partial charge is 0.389 e. The number of hydrogen-bond acceptors (Lipinski definition) is 4. The molecule has 1 aliphatic heterocycles. The van der Waals surface area contributed by atoms with Crippen molar-refractivity contribution < 1.29 is 20.1 Å². The van der Waals surface area contributed by atoms with Gasteiger partial charge in [0.25, 0.3) is 0 Å². The van der Waals surface area contributed by atoms with E-state index in [4.69, 9.17) is 15.3 Å². The third-order valence-corrected chi connectivity index (χ3v) is 2.42. The van der Waals surface area contributed by atoms with Gasteiger partial charge in [0.2, 0.25) is 0 Å². The average molecular weight is 213 g/mol. The zero-order valence-electron chi connectivity index (χ0n) is 5.14. The molecule has 0 spiro atoms. The minimum absolute atomic E-state index is 0.0234. The van der Waals surface area contributed by atoms with Gasteiger partial charge in [0.05, 0.1) is 17.5 Å². The second kappa shape index (κ2) is 3.15. The van der Waals surface area contributed by atoms with E-state index in [1.54, 1.807) is 0 Å². The van der Waals surface area contributed by atoms with Crippen LogP contribution in [0.1, 0.15) is 0 Å². The maximum atomic E-state index is 9.08. The lowest BCUT2D eigenvalue weighted by Crippen LogP contribution is -2.49. The third-order valence-electron chi connectivity index (χ3n) is 1.43. The number of ether oxygens (including phenoxy) is 1. The van der Waals surface area contributed by atoms with Crippen LogP contribution in [0.2, 0.25) is 0 Å². The van der Waals surface area contributed by atoms with Crippen molar-refractivity contribution in [3.63, 3.8) is 0 Å². The van der Waals surface area contributed by atoms with Gasteiger partial charge in [0, 0.05) is 0 Å². The molecule has 1 saturated heterocycles. The Kier molecular flexibility index (Phi) is 2.65. The van der Waals surface area contributed by atoms with Gasteiger partial charge in [-0.3, -0.25) is 0 Å². The molecule has 0 bridgehead atoms. The van der Waals surface area contributed by atoms with Crippen molar-refractivity contribution in [2.24, 2.45) is 0 Å². The first-order chi connectivity index (χ1) is 4.63. The molecule has 0 aliphatic carbocycles. The summed E-state index contributed by atoms with van der Waals surface area (Å²) in [5.41, 5.74) is 0. The molecular weight excluding hydrogens is 204 g/mol. The van der Waals surface area contributed by atoms with E-state index in [1.165, 1.54) is 0 Å². The van der Waals surface area contributed by atoms with Gasteiger partial charge in [-0.2, -0.15) is 0 Å². The summed E-state index contributed by atoms with van der Waals surface area (Å²) >= 11 is 2.97. The van der Waals surface area contributed by atoms with Crippen LogP contribution in [0.25, 0.3) is 0 Å². The Balaban J connectivity index is 2.52. The van der Waals surface area contributed by atoms with E-state index in [-0.39, 0.29) is 6.61 Å². The van der Waals surface area contributed by atoms with Crippen LogP contribution in [-0.2, 0) is 4.74 Å². The highest BCUT2D eigenvalue weighted by molar-refractivity contribution is 9.09. The number of aliphatic hydroxyl groups excluding tert-OH is 3. The molecule has 0 radical (unpaired) electrons. The molecule has 1 heterocycles. The molecular formula is C5H9BrO4. The molecule has 4 nitrogen and oxygen atoms in total. The highest BCUT2D eigenvalue weighted by Crippen LogP contribution is 2.20. The van der Waals surface area contributed by atoms with Crippen LogP contribution in [0.4, 0.5) is 0 Å². The Bertz CT molecular complexity index is 106. The first-order valence-corrected chi connectivity index (χ1v) is 3.84. The van der Waals surface area contributed by atoms with Gasteiger partial charge in [-0.1, -0.05) is 15.9 Å². The number of aliphatic hydroxyl groups is 3. The van der Waals surface area contributed by atoms with Crippen molar-refractivity contribution in [2.45, 2.75) is 23.3 Å². The summed E-state index contributed by atoms with van der Waals surface area (Å²) in [6, 6.07) is 0. The van der Waals surface area contributed by atoms with Gasteiger partial charge in [0.1, 0.15) is 6.10 Å². The first kappa shape index (κ1) is 8.42. The van der Waals surface area contributed by atoms with Crippen molar-refractivity contribution in [1.29, 1.82) is 0 Å². The predicted molar refractivity (Wildman–Crippen MR) is 36.7 cm³/mol. The second-order valence-electron chi connectivity index (χ2n) is 2.23. The Morgan fingerprint density at radius 3 is 2.40 bits per heavy atom. The molecule has 0 saturated carbocycles. The van der Waals surface area contributed by atoms with Crippen molar-refractivity contribution in [1.82, 2.24) is 0 Å². The molecule has 1 rings (SSSR count). The van der Waals surface area contributed by atoms with Gasteiger partial charge in [-0.25, -0.2) is 0 Å². The summed E-state index contributed by atoms with van der Waals surface area (Å²) in [5, 5.41) is 27.0. The lowest BCUT2D eigenvalue weighted by molar-refractivity contribution is -0.186. The van der Waals surface area contributed by atoms with E-state index in [1.807, 2.05) is 0 Å². The molecule has 0 aromatic carbocycles. The fourth-order valence-electron chi connectivity index (χ4n) is 0.769. The SMILES string of the molecule is OC1OC[C@@H](O)[C@@H](O)[C@@H]1Br. The molecule has 10 heavy (non-hydrogen) atoms. The quantitative estimate of drug-likeness (QED) is 0.443. The van der Waals surface area contributed by atoms with Gasteiger partial charge in [-0.15, -0.1) is 0 Å². The Morgan fingerprint density at radius 1 is 1.30 bits per heavy atom. The van der Waals surface area contributed by atoms with E-state index >= 15 is 0 Å². The topological polar surface area (TPSA) is 69.9 Å². The summed E-state index contributed by atoms with van der Waals surface area (Å²) in [5.74, 6) is 0. The summed E-state index contributed by atoms with van der Waals surface area (Å²) in [4.78, 5) is -0.601. The maximum absolute atomic E-state index is 9.08. The van der Waals surface area contributed by atoms with Gasteiger partial charge >= 0.3 is 0 Å². The number of hydrogen-bond donors (Lipinski definition) is 3. The minimum Gasteiger partial charge on any atom is -0.389 e. The first-order valence-electron chi connectivity index (χ1n) is 2.93. The van der Waals surface area contributed by atoms with Crippen LogP contribution in [0, 0.1) is 0 Å². The van der Waals surface area contributed by atoms with Gasteiger partial charge < -0.3 is 20.1 Å². The fourth-order valence-corrected chi connectivity index (χ4v) is 1.27. The van der Waals surface area contributed by atoms with Crippen LogP contribution >= 0.6 is 15.9 Å². The molecule has 1 fully saturated rings. The number of alkyl halides is 1. The van der Waals surface area contributed by atoms with Crippen molar-refractivity contribution in [2.75, 3.05) is 6.61 Å². The fraction of sp³-hybridized carbons (Fsp3) is 1.00. The normalized spacial score (nSPS) is 49.2. The van der Waals surface area contributed by atoms with Crippen LogP contribution in [0.3, 0.4) is 0 Å². The highest BCUT2D eigenvalue weighted by Gasteiger charge is 2.35. The third kappa shape index (κ3) is 1.49. The Labute approximate surface area is 66.6 Å². The van der Waals surface area contributed by atoms with Gasteiger partial charge in [0.15, 0.2) is 6.29 Å². The predicted octanol–water partition coefficient (Wildman–Crippen LogP) is -1.18. The van der Waals surface area contributed by atoms with Crippen molar-refractivity contribution in [3.05, 3.63) is 0 Å². The minimum atomic E-state index is -1.03. The van der Waals surface area contributed by atoms with Crippen molar-refractivity contribution in [3.8, 4) is 0 Å². The van der Waals surface area contributed by atoms with E-state index in [0.717, 1.165) is 0 Å². The summed E-state index contributed by atoms with van der Waals surface area (Å²) < 4.78 is 4.67. The highest BCUT2D eigenvalue weighted by atomic mass is 79.9. The molecule has 0 aromatic heterocycles. The standard InChI is InChI=1S/C5H9BrO4/c6-3-4(8)2(7)1-10-5(3)9/h2-5,7-9H,1H2/t2-,3+,4-,5?/m1/s1. The summed E-state index contributed by atoms with van der Waals surface area (Å²) in [6.07, 6.45) is -2.89. The Morgan fingerprint density at radius 2 is 1.90 bits per heavy atom. The number of rotatable bonds is 0. The van der Waals surface area contributed by atoms with Crippen LogP contribution in [0.5, 0.6) is 0 Å². The molecule has 5 heteroatoms. The molecule has 0 amide bonds. The summed E-state index contributed by atoms with van der Waals surface area (Å²) in [6.45, 7) is -0.0234. The smallest absolute Gasteiger partial charge is 0.169 e. The molecule has 1 aliphatic rings. The average Bonchev–Trinajstić information content (AvgIpc) is 1.93. The van der Waals surface area contributed by atoms with E-state index in [0.29, 0.717) is 0 Å². The van der Waals surface area contributed by atoms with Crippen LogP contribution < -0.4 is 0 Å². The molecule has 1 unspecified atom stereocenters. The molecule has 4 atom stereocenters. The van der Waals surface area contributed by atoms with Crippen LogP contribution in [-0.4, -0.2) is 45.3 Å². The van der Waals surface area contributed by atoms with E-state index in [2.05, 4.69) is 20.7 Å². The van der Waals surface area contributed by atoms with Crippen molar-refractivity contribution >= 4 is 15.9 Å². The monoisotopic (exact) mass is 212 g/mol. The van der Waals surface area contributed by atoms with E-state index in [9.17, 15) is 0 Å². The number of halogens is 1. The molecule has 3 N–H and O–H groups in total. The van der Waals surface area contributed by atoms with Gasteiger partial charge in [-0.05, 0) is 0 Å². The second-order valence-corrected chi connectivity index (χ2v) is 3.28.